The largest absolute Gasteiger partial charge is 0.391 e. The van der Waals surface area contributed by atoms with E-state index in [2.05, 4.69) is 10.3 Å². The Morgan fingerprint density at radius 3 is 2.59 bits per heavy atom. The van der Waals surface area contributed by atoms with Crippen LogP contribution in [0.1, 0.15) is 18.6 Å². The van der Waals surface area contributed by atoms with E-state index in [1.165, 1.54) is 4.40 Å². The lowest BCUT2D eigenvalue weighted by Gasteiger charge is -2.12. The fourth-order valence-electron chi connectivity index (χ4n) is 2.24. The molecule has 0 saturated carbocycles. The van der Waals surface area contributed by atoms with Gasteiger partial charge in [-0.25, -0.2) is 4.98 Å². The van der Waals surface area contributed by atoms with E-state index in [-0.39, 0.29) is 25.2 Å². The third-order valence-electron chi connectivity index (χ3n) is 3.34. The molecule has 0 unspecified atom stereocenters. The second kappa shape index (κ2) is 6.41. The number of benzene rings is 1. The second-order valence-corrected chi connectivity index (χ2v) is 4.78. The van der Waals surface area contributed by atoms with Crippen molar-refractivity contribution in [3.05, 3.63) is 70.1 Å². The molecule has 1 aromatic carbocycles. The molecule has 3 aromatic rings. The molecule has 22 heavy (non-hydrogen) atoms. The second-order valence-electron chi connectivity index (χ2n) is 4.78. The number of aromatic nitrogens is 2. The molecule has 0 fully saturated rings. The number of aliphatic hydroxyl groups is 1. The molecule has 0 aliphatic rings. The van der Waals surface area contributed by atoms with E-state index in [4.69, 9.17) is 0 Å². The first-order valence-corrected chi connectivity index (χ1v) is 6.64. The van der Waals surface area contributed by atoms with Crippen LogP contribution in [0.15, 0.2) is 53.5 Å². The van der Waals surface area contributed by atoms with Crippen molar-refractivity contribution in [2.75, 3.05) is 5.32 Å². The predicted molar refractivity (Wildman–Crippen MR) is 88.6 cm³/mol. The van der Waals surface area contributed by atoms with Crippen molar-refractivity contribution in [1.82, 2.24) is 9.38 Å². The van der Waals surface area contributed by atoms with Crippen LogP contribution in [-0.4, -0.2) is 14.5 Å². The number of para-hydroxylation sites is 1. The van der Waals surface area contributed by atoms with E-state index >= 15 is 0 Å². The molecule has 2 aromatic heterocycles. The van der Waals surface area contributed by atoms with Gasteiger partial charge in [0.1, 0.15) is 11.5 Å². The van der Waals surface area contributed by atoms with Crippen molar-refractivity contribution in [2.24, 2.45) is 0 Å². The number of nitrogens with zero attached hydrogens (tertiary/aromatic N) is 2. The molecule has 114 valence electrons. The predicted octanol–water partition coefficient (Wildman–Crippen LogP) is 2.87. The standard InChI is InChI=1S/C16H15N3O2.CH4/c1-11-6-5-9-19-15(11)18-14(13(10-20)16(19)21)17-12-7-3-2-4-8-12;/h2-9,17,20H,10H2,1H3;1H4. The quantitative estimate of drug-likeness (QED) is 0.780. The Morgan fingerprint density at radius 1 is 1.18 bits per heavy atom. The van der Waals surface area contributed by atoms with Gasteiger partial charge in [0, 0.05) is 11.9 Å². The molecule has 0 aliphatic carbocycles. The zero-order valence-corrected chi connectivity index (χ0v) is 11.6. The van der Waals surface area contributed by atoms with Gasteiger partial charge in [-0.2, -0.15) is 0 Å². The van der Waals surface area contributed by atoms with E-state index < -0.39 is 0 Å². The van der Waals surface area contributed by atoms with Gasteiger partial charge in [0.2, 0.25) is 0 Å². The minimum Gasteiger partial charge on any atom is -0.391 e. The highest BCUT2D eigenvalue weighted by Gasteiger charge is 2.13. The van der Waals surface area contributed by atoms with Crippen LogP contribution in [0, 0.1) is 6.92 Å². The smallest absolute Gasteiger partial charge is 0.265 e. The van der Waals surface area contributed by atoms with Gasteiger partial charge in [-0.15, -0.1) is 0 Å². The van der Waals surface area contributed by atoms with Crippen LogP contribution in [0.2, 0.25) is 0 Å². The first-order chi connectivity index (χ1) is 10.2. The molecule has 2 heterocycles. The Labute approximate surface area is 128 Å². The number of hydrogen-bond acceptors (Lipinski definition) is 4. The maximum Gasteiger partial charge on any atom is 0.265 e. The molecule has 0 atom stereocenters. The summed E-state index contributed by atoms with van der Waals surface area (Å²) in [6.07, 6.45) is 1.66. The average Bonchev–Trinajstić information content (AvgIpc) is 2.50. The first-order valence-electron chi connectivity index (χ1n) is 6.64. The fraction of sp³-hybridized carbons (Fsp3) is 0.176. The van der Waals surface area contributed by atoms with E-state index in [9.17, 15) is 9.90 Å². The number of aryl methyl sites for hydroxylation is 1. The summed E-state index contributed by atoms with van der Waals surface area (Å²) in [7, 11) is 0. The van der Waals surface area contributed by atoms with E-state index in [1.807, 2.05) is 43.3 Å². The molecule has 0 spiro atoms. The molecule has 0 aliphatic heterocycles. The Kier molecular flexibility index (Phi) is 4.58. The molecule has 0 saturated heterocycles. The number of anilines is 2. The minimum absolute atomic E-state index is 0. The SMILES string of the molecule is C.Cc1cccn2c(=O)c(CO)c(Nc3ccccc3)nc12. The van der Waals surface area contributed by atoms with Crippen LogP contribution in [-0.2, 0) is 6.61 Å². The van der Waals surface area contributed by atoms with Crippen LogP contribution in [0.5, 0.6) is 0 Å². The number of fused-ring (bicyclic) bond motifs is 1. The number of hydrogen-bond donors (Lipinski definition) is 2. The normalized spacial score (nSPS) is 10.3. The van der Waals surface area contributed by atoms with Crippen LogP contribution in [0.3, 0.4) is 0 Å². The molecule has 3 rings (SSSR count). The zero-order valence-electron chi connectivity index (χ0n) is 11.6. The highest BCUT2D eigenvalue weighted by molar-refractivity contribution is 5.62. The van der Waals surface area contributed by atoms with E-state index in [1.54, 1.807) is 12.3 Å². The summed E-state index contributed by atoms with van der Waals surface area (Å²) in [6, 6.07) is 13.1. The molecule has 0 radical (unpaired) electrons. The topological polar surface area (TPSA) is 66.6 Å². The Morgan fingerprint density at radius 2 is 1.91 bits per heavy atom. The molecule has 5 heteroatoms. The molecule has 5 nitrogen and oxygen atoms in total. The summed E-state index contributed by atoms with van der Waals surface area (Å²) in [5, 5.41) is 12.6. The fourth-order valence-corrected chi connectivity index (χ4v) is 2.24. The summed E-state index contributed by atoms with van der Waals surface area (Å²) in [5.74, 6) is 0.392. The molecule has 2 N–H and O–H groups in total. The van der Waals surface area contributed by atoms with Crippen molar-refractivity contribution in [2.45, 2.75) is 21.0 Å². The maximum atomic E-state index is 12.4. The van der Waals surface area contributed by atoms with Crippen molar-refractivity contribution in [1.29, 1.82) is 0 Å². The third-order valence-corrected chi connectivity index (χ3v) is 3.34. The highest BCUT2D eigenvalue weighted by atomic mass is 16.3. The first kappa shape index (κ1) is 15.7. The number of aliphatic hydroxyl groups excluding tert-OH is 1. The third kappa shape index (κ3) is 2.71. The van der Waals surface area contributed by atoms with Crippen LogP contribution < -0.4 is 10.9 Å². The van der Waals surface area contributed by atoms with E-state index in [0.717, 1.165) is 11.3 Å². The van der Waals surface area contributed by atoms with Gasteiger partial charge in [0.15, 0.2) is 0 Å². The van der Waals surface area contributed by atoms with Gasteiger partial charge in [-0.05, 0) is 30.7 Å². The average molecular weight is 297 g/mol. The number of nitrogens with one attached hydrogen (secondary N) is 1. The van der Waals surface area contributed by atoms with Crippen molar-refractivity contribution < 1.29 is 5.11 Å². The number of rotatable bonds is 3. The summed E-state index contributed by atoms with van der Waals surface area (Å²) >= 11 is 0. The Balaban J connectivity index is 0.00000176. The van der Waals surface area contributed by atoms with Crippen LogP contribution >= 0.6 is 0 Å². The van der Waals surface area contributed by atoms with E-state index in [0.29, 0.717) is 11.5 Å². The van der Waals surface area contributed by atoms with Crippen LogP contribution in [0.4, 0.5) is 11.5 Å². The van der Waals surface area contributed by atoms with Gasteiger partial charge < -0.3 is 10.4 Å². The van der Waals surface area contributed by atoms with Gasteiger partial charge in [-0.1, -0.05) is 31.7 Å². The monoisotopic (exact) mass is 297 g/mol. The zero-order chi connectivity index (χ0) is 14.8. The van der Waals surface area contributed by atoms with Gasteiger partial charge >= 0.3 is 0 Å². The van der Waals surface area contributed by atoms with Gasteiger partial charge in [0.05, 0.1) is 12.2 Å². The van der Waals surface area contributed by atoms with Gasteiger partial charge in [0.25, 0.3) is 5.56 Å². The highest BCUT2D eigenvalue weighted by Crippen LogP contribution is 2.18. The lowest BCUT2D eigenvalue weighted by molar-refractivity contribution is 0.280. The summed E-state index contributed by atoms with van der Waals surface area (Å²) in [6.45, 7) is 1.53. The summed E-state index contributed by atoms with van der Waals surface area (Å²) in [4.78, 5) is 16.9. The lowest BCUT2D eigenvalue weighted by atomic mass is 10.2. The van der Waals surface area contributed by atoms with Gasteiger partial charge in [-0.3, -0.25) is 9.20 Å². The Bertz CT molecular complexity index is 842. The molecule has 0 bridgehead atoms. The molecule has 0 amide bonds. The maximum absolute atomic E-state index is 12.4. The molecular formula is C17H19N3O2. The minimum atomic E-state index is -0.363. The van der Waals surface area contributed by atoms with Crippen LogP contribution in [0.25, 0.3) is 5.65 Å². The molecular weight excluding hydrogens is 278 g/mol. The number of pyridine rings is 1. The lowest BCUT2D eigenvalue weighted by Crippen LogP contribution is -2.22. The van der Waals surface area contributed by atoms with Crippen molar-refractivity contribution in [3.63, 3.8) is 0 Å². The summed E-state index contributed by atoms with van der Waals surface area (Å²) < 4.78 is 1.46. The summed E-state index contributed by atoms with van der Waals surface area (Å²) in [5.41, 5.74) is 2.29. The Hall–Kier alpha value is -2.66. The van der Waals surface area contributed by atoms with Crippen molar-refractivity contribution >= 4 is 17.2 Å². The van der Waals surface area contributed by atoms with Crippen molar-refractivity contribution in [3.8, 4) is 0 Å².